The molecule has 0 aliphatic heterocycles. The lowest BCUT2D eigenvalue weighted by molar-refractivity contribution is -0.139. The molecule has 134 valence electrons. The minimum absolute atomic E-state index is 0.253. The number of rotatable bonds is 6. The lowest BCUT2D eigenvalue weighted by Crippen LogP contribution is -2.30. The lowest BCUT2D eigenvalue weighted by Gasteiger charge is -2.07. The highest BCUT2D eigenvalue weighted by molar-refractivity contribution is 6.03. The van der Waals surface area contributed by atoms with E-state index in [1.165, 1.54) is 37.5 Å². The van der Waals surface area contributed by atoms with Crippen molar-refractivity contribution in [3.63, 3.8) is 0 Å². The first-order valence-electron chi connectivity index (χ1n) is 7.68. The molecule has 0 heterocycles. The molecular formula is C19H17FN2O4. The number of benzene rings is 2. The Morgan fingerprint density at radius 2 is 1.88 bits per heavy atom. The van der Waals surface area contributed by atoms with E-state index in [2.05, 4.69) is 15.4 Å². The number of nitrogens with one attached hydrogen (secondary N) is 2. The third kappa shape index (κ3) is 5.55. The van der Waals surface area contributed by atoms with E-state index in [-0.39, 0.29) is 12.1 Å². The Hall–Kier alpha value is -3.48. The number of amides is 2. The third-order valence-electron chi connectivity index (χ3n) is 3.33. The van der Waals surface area contributed by atoms with E-state index in [0.29, 0.717) is 11.3 Å². The molecule has 0 fully saturated rings. The number of carbonyl (C=O) groups excluding carboxylic acids is 3. The summed E-state index contributed by atoms with van der Waals surface area (Å²) in [5.74, 6) is -1.95. The first-order valence-corrected chi connectivity index (χ1v) is 7.68. The van der Waals surface area contributed by atoms with Gasteiger partial charge in [0, 0.05) is 22.9 Å². The Balaban J connectivity index is 1.99. The summed E-state index contributed by atoms with van der Waals surface area (Å²) in [5, 5.41) is 4.98. The zero-order valence-corrected chi connectivity index (χ0v) is 14.0. The average Bonchev–Trinajstić information content (AvgIpc) is 2.65. The van der Waals surface area contributed by atoms with Crippen molar-refractivity contribution in [1.29, 1.82) is 0 Å². The molecule has 0 aliphatic carbocycles. The van der Waals surface area contributed by atoms with Gasteiger partial charge in [-0.3, -0.25) is 14.4 Å². The first-order chi connectivity index (χ1) is 12.5. The quantitative estimate of drug-likeness (QED) is 0.615. The zero-order chi connectivity index (χ0) is 18.9. The number of methoxy groups -OCH3 is 1. The normalized spacial score (nSPS) is 10.4. The van der Waals surface area contributed by atoms with Gasteiger partial charge in [-0.25, -0.2) is 4.39 Å². The van der Waals surface area contributed by atoms with E-state index in [9.17, 15) is 18.8 Å². The summed E-state index contributed by atoms with van der Waals surface area (Å²) in [6.45, 7) is -0.253. The number of ether oxygens (including phenoxy) is 1. The van der Waals surface area contributed by atoms with Crippen molar-refractivity contribution in [2.45, 2.75) is 0 Å². The molecule has 0 saturated heterocycles. The highest BCUT2D eigenvalue weighted by atomic mass is 19.1. The van der Waals surface area contributed by atoms with Crippen LogP contribution in [0.1, 0.15) is 15.9 Å². The molecule has 0 saturated carbocycles. The monoisotopic (exact) mass is 356 g/mol. The summed E-state index contributed by atoms with van der Waals surface area (Å²) in [6.07, 6.45) is 2.56. The molecule has 0 atom stereocenters. The highest BCUT2D eigenvalue weighted by Gasteiger charge is 2.09. The van der Waals surface area contributed by atoms with Gasteiger partial charge in [0.25, 0.3) is 5.91 Å². The Labute approximate surface area is 149 Å². The van der Waals surface area contributed by atoms with Crippen LogP contribution >= 0.6 is 0 Å². The molecule has 2 amide bonds. The number of halogens is 1. The molecule has 2 rings (SSSR count). The molecule has 6 nitrogen and oxygen atoms in total. The van der Waals surface area contributed by atoms with Gasteiger partial charge < -0.3 is 15.4 Å². The van der Waals surface area contributed by atoms with Gasteiger partial charge in [-0.1, -0.05) is 24.3 Å². The zero-order valence-electron chi connectivity index (χ0n) is 14.0. The van der Waals surface area contributed by atoms with Gasteiger partial charge in [0.15, 0.2) is 0 Å². The van der Waals surface area contributed by atoms with Gasteiger partial charge in [-0.2, -0.15) is 0 Å². The van der Waals surface area contributed by atoms with Gasteiger partial charge in [-0.05, 0) is 30.3 Å². The van der Waals surface area contributed by atoms with Crippen molar-refractivity contribution < 1.29 is 23.5 Å². The van der Waals surface area contributed by atoms with E-state index in [1.54, 1.807) is 30.3 Å². The van der Waals surface area contributed by atoms with Crippen LogP contribution in [0, 0.1) is 5.82 Å². The van der Waals surface area contributed by atoms with Crippen LogP contribution in [-0.2, 0) is 14.3 Å². The minimum Gasteiger partial charge on any atom is -0.468 e. The van der Waals surface area contributed by atoms with E-state index < -0.39 is 23.6 Å². The van der Waals surface area contributed by atoms with Crippen LogP contribution in [0.15, 0.2) is 54.6 Å². The van der Waals surface area contributed by atoms with E-state index in [4.69, 9.17) is 0 Å². The number of hydrogen-bond acceptors (Lipinski definition) is 4. The molecule has 0 aliphatic rings. The van der Waals surface area contributed by atoms with Gasteiger partial charge >= 0.3 is 5.97 Å². The fourth-order valence-electron chi connectivity index (χ4n) is 2.02. The molecule has 2 N–H and O–H groups in total. The smallest absolute Gasteiger partial charge is 0.325 e. The number of hydrogen-bond donors (Lipinski definition) is 2. The van der Waals surface area contributed by atoms with Gasteiger partial charge in [-0.15, -0.1) is 0 Å². The highest BCUT2D eigenvalue weighted by Crippen LogP contribution is 2.12. The molecule has 7 heteroatoms. The molecule has 2 aromatic rings. The van der Waals surface area contributed by atoms with Crippen molar-refractivity contribution in [1.82, 2.24) is 5.32 Å². The molecule has 26 heavy (non-hydrogen) atoms. The van der Waals surface area contributed by atoms with Crippen LogP contribution < -0.4 is 10.6 Å². The molecule has 0 radical (unpaired) electrons. The summed E-state index contributed by atoms with van der Waals surface area (Å²) in [5.41, 5.74) is 0.947. The average molecular weight is 356 g/mol. The summed E-state index contributed by atoms with van der Waals surface area (Å²) in [4.78, 5) is 35.0. The van der Waals surface area contributed by atoms with Gasteiger partial charge in [0.05, 0.1) is 7.11 Å². The summed E-state index contributed by atoms with van der Waals surface area (Å²) >= 11 is 0. The third-order valence-corrected chi connectivity index (χ3v) is 3.33. The maximum absolute atomic E-state index is 13.5. The standard InChI is InChI=1S/C19H17FN2O4/c1-26-18(24)12-21-19(25)14-6-4-7-15(11-14)22-17(23)10-9-13-5-2-3-8-16(13)20/h2-11H,12H2,1H3,(H,21,25)(H,22,23). The van der Waals surface area contributed by atoms with Crippen molar-refractivity contribution in [3.05, 3.63) is 71.6 Å². The van der Waals surface area contributed by atoms with Crippen LogP contribution in [0.5, 0.6) is 0 Å². The Morgan fingerprint density at radius 3 is 2.62 bits per heavy atom. The van der Waals surface area contributed by atoms with Crippen LogP contribution in [-0.4, -0.2) is 31.4 Å². The fraction of sp³-hybridized carbons (Fsp3) is 0.105. The van der Waals surface area contributed by atoms with Gasteiger partial charge in [0.1, 0.15) is 12.4 Å². The Morgan fingerprint density at radius 1 is 1.12 bits per heavy atom. The maximum atomic E-state index is 13.5. The Kier molecular flexibility index (Phi) is 6.61. The molecule has 0 spiro atoms. The minimum atomic E-state index is -0.568. The lowest BCUT2D eigenvalue weighted by atomic mass is 10.1. The number of anilines is 1. The van der Waals surface area contributed by atoms with Crippen LogP contribution in [0.4, 0.5) is 10.1 Å². The first kappa shape index (κ1) is 18.9. The predicted octanol–water partition coefficient (Wildman–Crippen LogP) is 2.38. The second-order valence-electron chi connectivity index (χ2n) is 5.18. The molecule has 0 bridgehead atoms. The fourth-order valence-corrected chi connectivity index (χ4v) is 2.02. The Bertz CT molecular complexity index is 849. The largest absolute Gasteiger partial charge is 0.468 e. The summed E-state index contributed by atoms with van der Waals surface area (Å²) in [7, 11) is 1.22. The van der Waals surface area contributed by atoms with Crippen LogP contribution in [0.3, 0.4) is 0 Å². The second-order valence-corrected chi connectivity index (χ2v) is 5.18. The molecular weight excluding hydrogens is 339 g/mol. The maximum Gasteiger partial charge on any atom is 0.325 e. The number of carbonyl (C=O) groups is 3. The van der Waals surface area contributed by atoms with E-state index in [0.717, 1.165) is 0 Å². The van der Waals surface area contributed by atoms with Crippen molar-refractivity contribution in [3.8, 4) is 0 Å². The van der Waals surface area contributed by atoms with Gasteiger partial charge in [0.2, 0.25) is 5.91 Å². The van der Waals surface area contributed by atoms with Crippen molar-refractivity contribution >= 4 is 29.5 Å². The molecule has 0 unspecified atom stereocenters. The van der Waals surface area contributed by atoms with E-state index >= 15 is 0 Å². The topological polar surface area (TPSA) is 84.5 Å². The van der Waals surface area contributed by atoms with Crippen molar-refractivity contribution in [2.75, 3.05) is 19.0 Å². The van der Waals surface area contributed by atoms with Crippen molar-refractivity contribution in [2.24, 2.45) is 0 Å². The van der Waals surface area contributed by atoms with Crippen LogP contribution in [0.25, 0.3) is 6.08 Å². The molecule has 0 aromatic heterocycles. The predicted molar refractivity (Wildman–Crippen MR) is 94.9 cm³/mol. The molecule has 2 aromatic carbocycles. The second kappa shape index (κ2) is 9.12. The van der Waals surface area contributed by atoms with Crippen LogP contribution in [0.2, 0.25) is 0 Å². The summed E-state index contributed by atoms with van der Waals surface area (Å²) < 4.78 is 17.9. The van der Waals surface area contributed by atoms with E-state index in [1.807, 2.05) is 0 Å². The number of esters is 1. The SMILES string of the molecule is COC(=O)CNC(=O)c1cccc(NC(=O)C=Cc2ccccc2F)c1. The summed E-state index contributed by atoms with van der Waals surface area (Å²) in [6, 6.07) is 12.3.